The van der Waals surface area contributed by atoms with Gasteiger partial charge in [0.1, 0.15) is 0 Å². The van der Waals surface area contributed by atoms with Gasteiger partial charge >= 0.3 is 6.18 Å². The van der Waals surface area contributed by atoms with Gasteiger partial charge < -0.3 is 11.1 Å². The highest BCUT2D eigenvalue weighted by atomic mass is 79.9. The van der Waals surface area contributed by atoms with Crippen molar-refractivity contribution in [1.82, 2.24) is 5.32 Å². The van der Waals surface area contributed by atoms with Crippen LogP contribution in [0.4, 0.5) is 13.2 Å². The fourth-order valence-corrected chi connectivity index (χ4v) is 1.64. The molecule has 0 aromatic heterocycles. The molecule has 0 spiro atoms. The summed E-state index contributed by atoms with van der Waals surface area (Å²) in [6.07, 6.45) is -4.61. The van der Waals surface area contributed by atoms with Crippen molar-refractivity contribution in [3.63, 3.8) is 0 Å². The molecular weight excluding hydrogens is 333 g/mol. The fraction of sp³-hybridized carbons (Fsp3) is 0.200. The molecule has 98 valence electrons. The van der Waals surface area contributed by atoms with Gasteiger partial charge in [0.05, 0.1) is 22.7 Å². The van der Waals surface area contributed by atoms with E-state index in [-0.39, 0.29) is 16.0 Å². The average molecular weight is 341 g/mol. The summed E-state index contributed by atoms with van der Waals surface area (Å²) >= 11 is 7.45. The number of rotatable bonds is 3. The molecule has 1 aromatic rings. The Balaban J connectivity index is 3.08. The second-order valence-corrected chi connectivity index (χ2v) is 4.78. The lowest BCUT2D eigenvalue weighted by Gasteiger charge is -2.13. The Morgan fingerprint density at radius 2 is 2.06 bits per heavy atom. The Morgan fingerprint density at radius 3 is 2.56 bits per heavy atom. The molecule has 1 amide bonds. The van der Waals surface area contributed by atoms with Crippen LogP contribution in [0.25, 0.3) is 0 Å². The Morgan fingerprint density at radius 1 is 1.44 bits per heavy atom. The van der Waals surface area contributed by atoms with E-state index in [2.05, 4.69) is 33.5 Å². The number of nitrogens with two attached hydrogens (primary N) is 1. The molecule has 0 saturated heterocycles. The Hall–Kier alpha value is -1.15. The molecule has 0 atom stereocenters. The number of halogens is 4. The molecule has 1 rings (SSSR count). The predicted molar refractivity (Wildman–Crippen MR) is 68.3 cm³/mol. The van der Waals surface area contributed by atoms with E-state index >= 15 is 0 Å². The monoisotopic (exact) mass is 340 g/mol. The summed E-state index contributed by atoms with van der Waals surface area (Å²) in [5.74, 6) is -0.873. The molecular formula is C10H8BrF3N2OS. The first kappa shape index (κ1) is 14.9. The number of carbonyl (C=O) groups excluding carboxylic acids is 1. The standard InChI is InChI=1S/C10H8BrF3N2OS/c11-5-1-2-6(7(3-5)10(12,13)14)9(17)16-4-8(15)18/h1-3H,4H2,(H2,15,18)(H,16,17). The van der Waals surface area contributed by atoms with E-state index in [1.165, 1.54) is 6.07 Å². The zero-order valence-corrected chi connectivity index (χ0v) is 11.2. The summed E-state index contributed by atoms with van der Waals surface area (Å²) in [6.45, 7) is -0.151. The summed E-state index contributed by atoms with van der Waals surface area (Å²) < 4.78 is 38.4. The first-order valence-corrected chi connectivity index (χ1v) is 5.85. The molecule has 18 heavy (non-hydrogen) atoms. The van der Waals surface area contributed by atoms with Gasteiger partial charge in [-0.1, -0.05) is 28.1 Å². The van der Waals surface area contributed by atoms with E-state index in [1.54, 1.807) is 0 Å². The van der Waals surface area contributed by atoms with Gasteiger partial charge in [-0.05, 0) is 18.2 Å². The van der Waals surface area contributed by atoms with Crippen molar-refractivity contribution in [3.05, 3.63) is 33.8 Å². The topological polar surface area (TPSA) is 55.1 Å². The molecule has 3 N–H and O–H groups in total. The zero-order valence-electron chi connectivity index (χ0n) is 8.84. The van der Waals surface area contributed by atoms with Crippen molar-refractivity contribution in [1.29, 1.82) is 0 Å². The summed E-state index contributed by atoms with van der Waals surface area (Å²) in [6, 6.07) is 3.28. The molecule has 0 saturated carbocycles. The smallest absolute Gasteiger partial charge is 0.392 e. The van der Waals surface area contributed by atoms with Crippen molar-refractivity contribution in [2.24, 2.45) is 5.73 Å². The number of nitrogens with one attached hydrogen (secondary N) is 1. The summed E-state index contributed by atoms with van der Waals surface area (Å²) in [5, 5.41) is 2.21. The van der Waals surface area contributed by atoms with Gasteiger partial charge in [-0.15, -0.1) is 0 Å². The van der Waals surface area contributed by atoms with Gasteiger partial charge in [0.2, 0.25) is 0 Å². The van der Waals surface area contributed by atoms with Gasteiger partial charge in [0.25, 0.3) is 5.91 Å². The minimum absolute atomic E-state index is 0.00554. The number of carbonyl (C=O) groups is 1. The van der Waals surface area contributed by atoms with Crippen molar-refractivity contribution in [2.75, 3.05) is 6.54 Å². The maximum absolute atomic E-state index is 12.7. The largest absolute Gasteiger partial charge is 0.417 e. The molecule has 0 heterocycles. The molecule has 0 radical (unpaired) electrons. The summed E-state index contributed by atoms with van der Waals surface area (Å²) in [7, 11) is 0. The lowest BCUT2D eigenvalue weighted by molar-refractivity contribution is -0.138. The van der Waals surface area contributed by atoms with E-state index in [0.29, 0.717) is 0 Å². The van der Waals surface area contributed by atoms with Crippen molar-refractivity contribution < 1.29 is 18.0 Å². The van der Waals surface area contributed by atoms with Crippen LogP contribution in [0.15, 0.2) is 22.7 Å². The lowest BCUT2D eigenvalue weighted by Crippen LogP contribution is -2.33. The Kier molecular flexibility index (Phi) is 4.69. The first-order chi connectivity index (χ1) is 8.21. The van der Waals surface area contributed by atoms with E-state index in [9.17, 15) is 18.0 Å². The normalized spacial score (nSPS) is 11.1. The molecule has 8 heteroatoms. The Labute approximate surface area is 115 Å². The van der Waals surface area contributed by atoms with Gasteiger partial charge in [-0.25, -0.2) is 0 Å². The highest BCUT2D eigenvalue weighted by molar-refractivity contribution is 9.10. The third kappa shape index (κ3) is 3.95. The number of alkyl halides is 3. The second-order valence-electron chi connectivity index (χ2n) is 3.34. The van der Waals surface area contributed by atoms with Crippen molar-refractivity contribution in [2.45, 2.75) is 6.18 Å². The highest BCUT2D eigenvalue weighted by Gasteiger charge is 2.35. The van der Waals surface area contributed by atoms with Crippen LogP contribution in [0, 0.1) is 0 Å². The summed E-state index contributed by atoms with van der Waals surface area (Å²) in [5.41, 5.74) is 3.67. The number of benzene rings is 1. The maximum Gasteiger partial charge on any atom is 0.417 e. The fourth-order valence-electron chi connectivity index (χ4n) is 1.21. The summed E-state index contributed by atoms with van der Waals surface area (Å²) in [4.78, 5) is 11.6. The lowest BCUT2D eigenvalue weighted by atomic mass is 10.1. The molecule has 0 unspecified atom stereocenters. The van der Waals surface area contributed by atoms with Crippen LogP contribution in [0.5, 0.6) is 0 Å². The quantitative estimate of drug-likeness (QED) is 0.831. The molecule has 0 fully saturated rings. The van der Waals surface area contributed by atoms with Crippen LogP contribution < -0.4 is 11.1 Å². The molecule has 0 aliphatic rings. The molecule has 1 aromatic carbocycles. The molecule has 0 aliphatic heterocycles. The van der Waals surface area contributed by atoms with Crippen LogP contribution in [-0.4, -0.2) is 17.4 Å². The van der Waals surface area contributed by atoms with Gasteiger partial charge in [-0.3, -0.25) is 4.79 Å². The SMILES string of the molecule is NC(=S)CNC(=O)c1ccc(Br)cc1C(F)(F)F. The third-order valence-electron chi connectivity index (χ3n) is 1.95. The van der Waals surface area contributed by atoms with Crippen molar-refractivity contribution in [3.8, 4) is 0 Å². The molecule has 3 nitrogen and oxygen atoms in total. The van der Waals surface area contributed by atoms with Crippen LogP contribution in [-0.2, 0) is 6.18 Å². The molecule has 0 bridgehead atoms. The number of hydrogen-bond donors (Lipinski definition) is 2. The minimum Gasteiger partial charge on any atom is -0.392 e. The van der Waals surface area contributed by atoms with Gasteiger partial charge in [0.15, 0.2) is 0 Å². The van der Waals surface area contributed by atoms with E-state index < -0.39 is 23.2 Å². The van der Waals surface area contributed by atoms with E-state index in [4.69, 9.17) is 5.73 Å². The second kappa shape index (κ2) is 5.66. The zero-order chi connectivity index (χ0) is 13.9. The number of hydrogen-bond acceptors (Lipinski definition) is 2. The van der Waals surface area contributed by atoms with Crippen LogP contribution >= 0.6 is 28.1 Å². The maximum atomic E-state index is 12.7. The van der Waals surface area contributed by atoms with Crippen LogP contribution in [0.2, 0.25) is 0 Å². The average Bonchev–Trinajstić information content (AvgIpc) is 2.24. The first-order valence-electron chi connectivity index (χ1n) is 4.65. The van der Waals surface area contributed by atoms with Gasteiger partial charge in [0, 0.05) is 4.47 Å². The highest BCUT2D eigenvalue weighted by Crippen LogP contribution is 2.33. The molecule has 0 aliphatic carbocycles. The minimum atomic E-state index is -4.61. The number of amides is 1. The number of thiocarbonyl (C=S) groups is 1. The Bertz CT molecular complexity index is 491. The van der Waals surface area contributed by atoms with Crippen LogP contribution in [0.3, 0.4) is 0 Å². The third-order valence-corrected chi connectivity index (χ3v) is 2.59. The van der Waals surface area contributed by atoms with E-state index in [0.717, 1.165) is 12.1 Å². The van der Waals surface area contributed by atoms with Crippen molar-refractivity contribution >= 4 is 39.0 Å². The van der Waals surface area contributed by atoms with Gasteiger partial charge in [-0.2, -0.15) is 13.2 Å². The van der Waals surface area contributed by atoms with E-state index in [1.807, 2.05) is 0 Å². The van der Waals surface area contributed by atoms with Crippen LogP contribution in [0.1, 0.15) is 15.9 Å². The predicted octanol–water partition coefficient (Wildman–Crippen LogP) is 2.48.